The Balaban J connectivity index is 3.15. The standard InChI is InChI=1S/C13H17ClN2O2/c1-3-5-12(13(15)18)16(2)11-7-4-6-10(14)9(11)8-17/h4,6-8,12H,3,5H2,1-2H3,(H2,15,18). The molecule has 0 aromatic heterocycles. The first-order chi connectivity index (χ1) is 8.52. The first kappa shape index (κ1) is 14.5. The lowest BCUT2D eigenvalue weighted by molar-refractivity contribution is -0.119. The Morgan fingerprint density at radius 3 is 2.72 bits per heavy atom. The highest BCUT2D eigenvalue weighted by molar-refractivity contribution is 6.33. The Morgan fingerprint density at radius 2 is 2.22 bits per heavy atom. The minimum absolute atomic E-state index is 0.370. The number of halogens is 1. The van der Waals surface area contributed by atoms with Crippen LogP contribution in [0.15, 0.2) is 18.2 Å². The molecule has 1 unspecified atom stereocenters. The second-order valence-corrected chi connectivity index (χ2v) is 4.52. The third-order valence-corrected chi connectivity index (χ3v) is 3.22. The fraction of sp³-hybridized carbons (Fsp3) is 0.385. The zero-order valence-electron chi connectivity index (χ0n) is 10.5. The molecule has 0 aliphatic heterocycles. The number of carbonyl (C=O) groups is 2. The van der Waals surface area contributed by atoms with E-state index in [4.69, 9.17) is 17.3 Å². The third kappa shape index (κ3) is 3.01. The molecule has 18 heavy (non-hydrogen) atoms. The molecule has 0 heterocycles. The van der Waals surface area contributed by atoms with Gasteiger partial charge in [-0.1, -0.05) is 31.0 Å². The molecule has 0 aliphatic carbocycles. The van der Waals surface area contributed by atoms with Gasteiger partial charge in [0.15, 0.2) is 6.29 Å². The van der Waals surface area contributed by atoms with Crippen LogP contribution in [0.2, 0.25) is 5.02 Å². The van der Waals surface area contributed by atoms with Gasteiger partial charge in [-0.2, -0.15) is 0 Å². The average molecular weight is 269 g/mol. The van der Waals surface area contributed by atoms with Crippen LogP contribution in [0.4, 0.5) is 5.69 Å². The first-order valence-corrected chi connectivity index (χ1v) is 6.16. The lowest BCUT2D eigenvalue weighted by atomic mass is 10.1. The van der Waals surface area contributed by atoms with Gasteiger partial charge in [-0.05, 0) is 18.6 Å². The predicted molar refractivity (Wildman–Crippen MR) is 73.1 cm³/mol. The summed E-state index contributed by atoms with van der Waals surface area (Å²) < 4.78 is 0. The normalized spacial score (nSPS) is 11.9. The molecule has 0 aliphatic rings. The van der Waals surface area contributed by atoms with Crippen molar-refractivity contribution in [3.63, 3.8) is 0 Å². The van der Waals surface area contributed by atoms with Crippen LogP contribution in [0, 0.1) is 0 Å². The largest absolute Gasteiger partial charge is 0.368 e. The molecule has 1 rings (SSSR count). The van der Waals surface area contributed by atoms with Gasteiger partial charge in [0.25, 0.3) is 0 Å². The molecule has 1 aromatic rings. The Bertz CT molecular complexity index is 449. The number of hydrogen-bond donors (Lipinski definition) is 1. The number of aldehydes is 1. The molecule has 0 saturated heterocycles. The van der Waals surface area contributed by atoms with E-state index in [-0.39, 0.29) is 0 Å². The van der Waals surface area contributed by atoms with Gasteiger partial charge < -0.3 is 10.6 Å². The molecule has 1 atom stereocenters. The van der Waals surface area contributed by atoms with E-state index in [0.717, 1.165) is 6.42 Å². The molecule has 0 spiro atoms. The summed E-state index contributed by atoms with van der Waals surface area (Å²) in [5, 5.41) is 0.370. The summed E-state index contributed by atoms with van der Waals surface area (Å²) in [7, 11) is 1.74. The van der Waals surface area contributed by atoms with E-state index in [2.05, 4.69) is 0 Å². The van der Waals surface area contributed by atoms with Crippen molar-refractivity contribution >= 4 is 29.5 Å². The molecule has 98 valence electrons. The van der Waals surface area contributed by atoms with Gasteiger partial charge in [0.2, 0.25) is 5.91 Å². The van der Waals surface area contributed by atoms with Gasteiger partial charge in [0.05, 0.1) is 10.6 Å². The summed E-state index contributed by atoms with van der Waals surface area (Å²) >= 11 is 5.96. The Hall–Kier alpha value is -1.55. The maximum absolute atomic E-state index is 11.4. The maximum Gasteiger partial charge on any atom is 0.240 e. The number of benzene rings is 1. The summed E-state index contributed by atoms with van der Waals surface area (Å²) in [6, 6.07) is 4.70. The summed E-state index contributed by atoms with van der Waals surface area (Å²) in [6.45, 7) is 1.97. The minimum atomic E-state index is -0.438. The maximum atomic E-state index is 11.4. The Labute approximate surface area is 112 Å². The van der Waals surface area contributed by atoms with Crippen LogP contribution < -0.4 is 10.6 Å². The van der Waals surface area contributed by atoms with Crippen molar-refractivity contribution in [3.05, 3.63) is 28.8 Å². The minimum Gasteiger partial charge on any atom is -0.368 e. The smallest absolute Gasteiger partial charge is 0.240 e. The van der Waals surface area contributed by atoms with E-state index < -0.39 is 11.9 Å². The van der Waals surface area contributed by atoms with E-state index in [9.17, 15) is 9.59 Å². The molecule has 0 bridgehead atoms. The second kappa shape index (κ2) is 6.40. The Morgan fingerprint density at radius 1 is 1.56 bits per heavy atom. The second-order valence-electron chi connectivity index (χ2n) is 4.11. The number of amides is 1. The molecule has 4 nitrogen and oxygen atoms in total. The summed E-state index contributed by atoms with van der Waals surface area (Å²) in [6.07, 6.45) is 2.16. The van der Waals surface area contributed by atoms with Crippen molar-refractivity contribution in [2.24, 2.45) is 5.73 Å². The van der Waals surface area contributed by atoms with Crippen LogP contribution in [0.1, 0.15) is 30.1 Å². The fourth-order valence-corrected chi connectivity index (χ4v) is 2.13. The molecular formula is C13H17ClN2O2. The molecule has 5 heteroatoms. The third-order valence-electron chi connectivity index (χ3n) is 2.89. The van der Waals surface area contributed by atoms with Gasteiger partial charge in [-0.3, -0.25) is 9.59 Å². The van der Waals surface area contributed by atoms with Crippen molar-refractivity contribution in [2.45, 2.75) is 25.8 Å². The van der Waals surface area contributed by atoms with Crippen molar-refractivity contribution in [1.29, 1.82) is 0 Å². The van der Waals surface area contributed by atoms with Gasteiger partial charge in [0, 0.05) is 12.7 Å². The fourth-order valence-electron chi connectivity index (χ4n) is 1.92. The topological polar surface area (TPSA) is 63.4 Å². The number of nitrogens with two attached hydrogens (primary N) is 1. The Kier molecular flexibility index (Phi) is 5.16. The number of primary amides is 1. The molecule has 0 fully saturated rings. The van der Waals surface area contributed by atoms with Crippen LogP contribution in [0.5, 0.6) is 0 Å². The van der Waals surface area contributed by atoms with E-state index in [0.29, 0.717) is 29.0 Å². The van der Waals surface area contributed by atoms with Crippen LogP contribution in [-0.4, -0.2) is 25.3 Å². The number of hydrogen-bond acceptors (Lipinski definition) is 3. The van der Waals surface area contributed by atoms with Crippen LogP contribution in [0.3, 0.4) is 0 Å². The number of carbonyl (C=O) groups excluding carboxylic acids is 2. The highest BCUT2D eigenvalue weighted by Gasteiger charge is 2.22. The summed E-state index contributed by atoms with van der Waals surface area (Å²) in [5.74, 6) is -0.406. The first-order valence-electron chi connectivity index (χ1n) is 5.78. The van der Waals surface area contributed by atoms with Gasteiger partial charge in [-0.15, -0.1) is 0 Å². The SMILES string of the molecule is CCCC(C(N)=O)N(C)c1cccc(Cl)c1C=O. The average Bonchev–Trinajstić information content (AvgIpc) is 2.34. The van der Waals surface area contributed by atoms with Crippen molar-refractivity contribution in [1.82, 2.24) is 0 Å². The zero-order chi connectivity index (χ0) is 13.7. The van der Waals surface area contributed by atoms with Crippen molar-refractivity contribution in [3.8, 4) is 0 Å². The van der Waals surface area contributed by atoms with E-state index >= 15 is 0 Å². The molecule has 1 aromatic carbocycles. The summed E-state index contributed by atoms with van der Waals surface area (Å²) in [5.41, 5.74) is 6.39. The summed E-state index contributed by atoms with van der Waals surface area (Å²) in [4.78, 5) is 24.2. The van der Waals surface area contributed by atoms with Crippen LogP contribution in [0.25, 0.3) is 0 Å². The van der Waals surface area contributed by atoms with Crippen molar-refractivity contribution < 1.29 is 9.59 Å². The molecular weight excluding hydrogens is 252 g/mol. The highest BCUT2D eigenvalue weighted by atomic mass is 35.5. The quantitative estimate of drug-likeness (QED) is 0.805. The molecule has 0 radical (unpaired) electrons. The van der Waals surface area contributed by atoms with Crippen molar-refractivity contribution in [2.75, 3.05) is 11.9 Å². The molecule has 1 amide bonds. The number of nitrogens with zero attached hydrogens (tertiary/aromatic N) is 1. The van der Waals surface area contributed by atoms with E-state index in [1.54, 1.807) is 30.1 Å². The monoisotopic (exact) mass is 268 g/mol. The lowest BCUT2D eigenvalue weighted by Crippen LogP contribution is -2.43. The van der Waals surface area contributed by atoms with Crippen LogP contribution >= 0.6 is 11.6 Å². The number of anilines is 1. The van der Waals surface area contributed by atoms with E-state index in [1.165, 1.54) is 0 Å². The number of rotatable bonds is 6. The predicted octanol–water partition coefficient (Wildman–Crippen LogP) is 2.24. The molecule has 2 N–H and O–H groups in total. The molecule has 0 saturated carbocycles. The van der Waals surface area contributed by atoms with Gasteiger partial charge >= 0.3 is 0 Å². The van der Waals surface area contributed by atoms with E-state index in [1.807, 2.05) is 6.92 Å². The number of likely N-dealkylation sites (N-methyl/N-ethyl adjacent to an activating group) is 1. The zero-order valence-corrected chi connectivity index (χ0v) is 11.3. The van der Waals surface area contributed by atoms with Crippen LogP contribution in [-0.2, 0) is 4.79 Å². The van der Waals surface area contributed by atoms with Gasteiger partial charge in [-0.25, -0.2) is 0 Å². The highest BCUT2D eigenvalue weighted by Crippen LogP contribution is 2.27. The van der Waals surface area contributed by atoms with Gasteiger partial charge in [0.1, 0.15) is 6.04 Å². The lowest BCUT2D eigenvalue weighted by Gasteiger charge is -2.28.